The van der Waals surface area contributed by atoms with Gasteiger partial charge in [-0.15, -0.1) is 0 Å². The molecular formula is C18H29N5O3. The minimum atomic E-state index is -0.242. The summed E-state index contributed by atoms with van der Waals surface area (Å²) < 4.78 is 5.03. The molecule has 1 fully saturated rings. The second kappa shape index (κ2) is 9.96. The van der Waals surface area contributed by atoms with Crippen LogP contribution in [0.3, 0.4) is 0 Å². The maximum absolute atomic E-state index is 12.0. The van der Waals surface area contributed by atoms with E-state index in [2.05, 4.69) is 15.6 Å². The number of likely N-dealkylation sites (tertiary alicyclic amines) is 1. The molecule has 1 saturated heterocycles. The third kappa shape index (κ3) is 6.18. The van der Waals surface area contributed by atoms with Crippen LogP contribution < -0.4 is 10.6 Å². The Hall–Kier alpha value is -2.35. The number of amides is 2. The Morgan fingerprint density at radius 2 is 2.04 bits per heavy atom. The largest absolute Gasteiger partial charge is 0.450 e. The van der Waals surface area contributed by atoms with Gasteiger partial charge in [0.25, 0.3) is 5.91 Å². The summed E-state index contributed by atoms with van der Waals surface area (Å²) in [4.78, 5) is 31.8. The average molecular weight is 363 g/mol. The number of likely N-dealkylation sites (N-methyl/N-ethyl adjacent to an activating group) is 1. The number of rotatable bonds is 7. The lowest BCUT2D eigenvalue weighted by Gasteiger charge is -2.31. The highest BCUT2D eigenvalue weighted by Crippen LogP contribution is 2.16. The fraction of sp³-hybridized carbons (Fsp3) is 0.611. The summed E-state index contributed by atoms with van der Waals surface area (Å²) in [5.41, 5.74) is 0.548. The van der Waals surface area contributed by atoms with Crippen LogP contribution in [0.2, 0.25) is 0 Å². The highest BCUT2D eigenvalue weighted by atomic mass is 16.6. The summed E-state index contributed by atoms with van der Waals surface area (Å²) in [5.74, 6) is 0.623. The fourth-order valence-corrected chi connectivity index (χ4v) is 2.74. The van der Waals surface area contributed by atoms with E-state index in [1.165, 1.54) is 0 Å². The van der Waals surface area contributed by atoms with Crippen molar-refractivity contribution in [1.82, 2.24) is 20.1 Å². The first-order valence-electron chi connectivity index (χ1n) is 9.06. The summed E-state index contributed by atoms with van der Waals surface area (Å²) in [5, 5.41) is 6.23. The highest BCUT2D eigenvalue weighted by Gasteiger charge is 2.23. The molecule has 8 heteroatoms. The van der Waals surface area contributed by atoms with Crippen LogP contribution in [0.25, 0.3) is 0 Å². The van der Waals surface area contributed by atoms with E-state index in [1.807, 2.05) is 32.0 Å². The van der Waals surface area contributed by atoms with Crippen molar-refractivity contribution in [2.24, 2.45) is 0 Å². The van der Waals surface area contributed by atoms with Crippen molar-refractivity contribution in [3.05, 3.63) is 23.9 Å². The van der Waals surface area contributed by atoms with Crippen LogP contribution in [0.15, 0.2) is 18.3 Å². The van der Waals surface area contributed by atoms with Gasteiger partial charge in [0.05, 0.1) is 12.2 Å². The van der Waals surface area contributed by atoms with Gasteiger partial charge in [0.2, 0.25) is 0 Å². The number of piperidine rings is 1. The summed E-state index contributed by atoms with van der Waals surface area (Å²) in [6.07, 6.45) is 3.02. The molecule has 8 nitrogen and oxygen atoms in total. The zero-order valence-corrected chi connectivity index (χ0v) is 15.8. The van der Waals surface area contributed by atoms with Crippen molar-refractivity contribution in [2.45, 2.75) is 25.8 Å². The molecule has 2 heterocycles. The minimum Gasteiger partial charge on any atom is -0.450 e. The Bertz CT molecular complexity index is 583. The first kappa shape index (κ1) is 20.0. The predicted octanol–water partition coefficient (Wildman–Crippen LogP) is 1.41. The number of carbonyl (C=O) groups excluding carboxylic acids is 2. The summed E-state index contributed by atoms with van der Waals surface area (Å²) in [6, 6.07) is 3.85. The first-order chi connectivity index (χ1) is 12.5. The molecule has 0 atom stereocenters. The molecule has 0 unspecified atom stereocenters. The van der Waals surface area contributed by atoms with Crippen molar-refractivity contribution in [2.75, 3.05) is 52.2 Å². The van der Waals surface area contributed by atoms with Gasteiger partial charge in [-0.1, -0.05) is 0 Å². The van der Waals surface area contributed by atoms with Crippen molar-refractivity contribution >= 4 is 17.8 Å². The summed E-state index contributed by atoms with van der Waals surface area (Å²) in [6.45, 7) is 4.94. The van der Waals surface area contributed by atoms with Gasteiger partial charge in [-0.2, -0.15) is 0 Å². The molecule has 26 heavy (non-hydrogen) atoms. The molecule has 2 rings (SSSR count). The Morgan fingerprint density at radius 1 is 1.31 bits per heavy atom. The number of hydrogen-bond acceptors (Lipinski definition) is 6. The number of pyridine rings is 1. The maximum Gasteiger partial charge on any atom is 0.409 e. The molecule has 2 amide bonds. The number of hydrogen-bond donors (Lipinski definition) is 2. The normalized spacial score (nSPS) is 15.0. The SMILES string of the molecule is CCOC(=O)N1CCC(Nc2ccc(C(=O)NCCN(C)C)cn2)CC1. The number of nitrogens with one attached hydrogen (secondary N) is 2. The van der Waals surface area contributed by atoms with Gasteiger partial charge in [0.1, 0.15) is 5.82 Å². The van der Waals surface area contributed by atoms with Gasteiger partial charge in [-0.25, -0.2) is 9.78 Å². The predicted molar refractivity (Wildman–Crippen MR) is 100 cm³/mol. The molecular weight excluding hydrogens is 334 g/mol. The van der Waals surface area contributed by atoms with Crippen LogP contribution >= 0.6 is 0 Å². The van der Waals surface area contributed by atoms with E-state index in [4.69, 9.17) is 4.74 Å². The van der Waals surface area contributed by atoms with Crippen LogP contribution in [-0.2, 0) is 4.74 Å². The van der Waals surface area contributed by atoms with Gasteiger partial charge in [-0.05, 0) is 46.0 Å². The summed E-state index contributed by atoms with van der Waals surface area (Å²) >= 11 is 0. The molecule has 0 radical (unpaired) electrons. The Labute approximate surface area is 154 Å². The molecule has 144 valence electrons. The first-order valence-corrected chi connectivity index (χ1v) is 9.06. The van der Waals surface area contributed by atoms with E-state index >= 15 is 0 Å². The third-order valence-corrected chi connectivity index (χ3v) is 4.24. The van der Waals surface area contributed by atoms with E-state index in [9.17, 15) is 9.59 Å². The molecule has 0 aliphatic carbocycles. The van der Waals surface area contributed by atoms with Crippen LogP contribution in [0.1, 0.15) is 30.1 Å². The molecule has 0 aromatic carbocycles. The number of aromatic nitrogens is 1. The zero-order valence-electron chi connectivity index (χ0n) is 15.8. The topological polar surface area (TPSA) is 86.8 Å². The Morgan fingerprint density at radius 3 is 2.62 bits per heavy atom. The lowest BCUT2D eigenvalue weighted by atomic mass is 10.1. The molecule has 0 spiro atoms. The van der Waals surface area contributed by atoms with Crippen LogP contribution in [0.4, 0.5) is 10.6 Å². The van der Waals surface area contributed by atoms with Gasteiger partial charge < -0.3 is 25.2 Å². The zero-order chi connectivity index (χ0) is 18.9. The van der Waals surface area contributed by atoms with Crippen LogP contribution in [-0.4, -0.2) is 79.7 Å². The van der Waals surface area contributed by atoms with E-state index in [-0.39, 0.29) is 18.0 Å². The monoisotopic (exact) mass is 363 g/mol. The summed E-state index contributed by atoms with van der Waals surface area (Å²) in [7, 11) is 3.93. The smallest absolute Gasteiger partial charge is 0.409 e. The molecule has 1 aromatic heterocycles. The Kier molecular flexibility index (Phi) is 7.65. The fourth-order valence-electron chi connectivity index (χ4n) is 2.74. The van der Waals surface area contributed by atoms with E-state index in [1.54, 1.807) is 17.2 Å². The lowest BCUT2D eigenvalue weighted by Crippen LogP contribution is -2.42. The second-order valence-corrected chi connectivity index (χ2v) is 6.60. The number of carbonyl (C=O) groups is 2. The molecule has 1 aliphatic heterocycles. The van der Waals surface area contributed by atoms with Crippen LogP contribution in [0.5, 0.6) is 0 Å². The molecule has 1 aliphatic rings. The standard InChI is InChI=1S/C18H29N5O3/c1-4-26-18(25)23-10-7-15(8-11-23)21-16-6-5-14(13-20-16)17(24)19-9-12-22(2)3/h5-6,13,15H,4,7-12H2,1-3H3,(H,19,24)(H,20,21). The van der Waals surface area contributed by atoms with Crippen molar-refractivity contribution in [3.63, 3.8) is 0 Å². The van der Waals surface area contributed by atoms with Crippen molar-refractivity contribution < 1.29 is 14.3 Å². The number of ether oxygens (including phenoxy) is 1. The highest BCUT2D eigenvalue weighted by molar-refractivity contribution is 5.94. The van der Waals surface area contributed by atoms with Crippen molar-refractivity contribution in [3.8, 4) is 0 Å². The maximum atomic E-state index is 12.0. The number of nitrogens with zero attached hydrogens (tertiary/aromatic N) is 3. The molecule has 0 saturated carbocycles. The van der Waals surface area contributed by atoms with Gasteiger partial charge in [0, 0.05) is 38.4 Å². The second-order valence-electron chi connectivity index (χ2n) is 6.60. The van der Waals surface area contributed by atoms with E-state index in [0.717, 1.165) is 25.2 Å². The molecule has 2 N–H and O–H groups in total. The lowest BCUT2D eigenvalue weighted by molar-refractivity contribution is 0.0949. The molecule has 0 bridgehead atoms. The Balaban J connectivity index is 1.77. The van der Waals surface area contributed by atoms with Gasteiger partial charge in [-0.3, -0.25) is 4.79 Å². The average Bonchev–Trinajstić information content (AvgIpc) is 2.63. The molecule has 1 aromatic rings. The minimum absolute atomic E-state index is 0.117. The third-order valence-electron chi connectivity index (χ3n) is 4.24. The quantitative estimate of drug-likeness (QED) is 0.762. The van der Waals surface area contributed by atoms with Gasteiger partial charge >= 0.3 is 6.09 Å². The van der Waals surface area contributed by atoms with Crippen molar-refractivity contribution in [1.29, 1.82) is 0 Å². The van der Waals surface area contributed by atoms with Gasteiger partial charge in [0.15, 0.2) is 0 Å². The van der Waals surface area contributed by atoms with Crippen LogP contribution in [0, 0.1) is 0 Å². The van der Waals surface area contributed by atoms with E-state index < -0.39 is 0 Å². The van der Waals surface area contributed by atoms with E-state index in [0.29, 0.717) is 31.8 Å². The number of anilines is 1.